The highest BCUT2D eigenvalue weighted by molar-refractivity contribution is 6.02. The van der Waals surface area contributed by atoms with Gasteiger partial charge in [-0.15, -0.1) is 0 Å². The summed E-state index contributed by atoms with van der Waals surface area (Å²) in [6, 6.07) is 5.07. The zero-order valence-corrected chi connectivity index (χ0v) is 10.3. The molecule has 0 radical (unpaired) electrons. The van der Waals surface area contributed by atoms with Crippen molar-refractivity contribution in [1.82, 2.24) is 0 Å². The summed E-state index contributed by atoms with van der Waals surface area (Å²) in [6.45, 7) is 4.69. The van der Waals surface area contributed by atoms with Crippen molar-refractivity contribution in [2.75, 3.05) is 0 Å². The van der Waals surface area contributed by atoms with Crippen molar-refractivity contribution < 1.29 is 14.7 Å². The summed E-state index contributed by atoms with van der Waals surface area (Å²) in [6.07, 6.45) is 1.84. The van der Waals surface area contributed by atoms with Crippen molar-refractivity contribution in [3.05, 3.63) is 34.9 Å². The molecule has 0 spiro atoms. The third-order valence-corrected chi connectivity index (χ3v) is 2.45. The fraction of sp³-hybridized carbons (Fsp3) is 0.286. The van der Waals surface area contributed by atoms with Crippen LogP contribution in [0.1, 0.15) is 31.4 Å². The summed E-state index contributed by atoms with van der Waals surface area (Å²) in [5.41, 5.74) is 2.04. The molecule has 0 unspecified atom stereocenters. The molecule has 1 aromatic carbocycles. The molecule has 0 heterocycles. The molecule has 1 rings (SSSR count). The van der Waals surface area contributed by atoms with Crippen LogP contribution in [0, 0.1) is 6.92 Å². The van der Waals surface area contributed by atoms with Crippen LogP contribution in [0.3, 0.4) is 0 Å². The van der Waals surface area contributed by atoms with Crippen molar-refractivity contribution >= 4 is 17.6 Å². The van der Waals surface area contributed by atoms with Crippen LogP contribution in [0.4, 0.5) is 0 Å². The molecule has 0 aliphatic carbocycles. The van der Waals surface area contributed by atoms with Gasteiger partial charge in [0.05, 0.1) is 0 Å². The Morgan fingerprint density at radius 1 is 1.29 bits per heavy atom. The van der Waals surface area contributed by atoms with E-state index in [0.29, 0.717) is 5.57 Å². The molecule has 0 fully saturated rings. The Kier molecular flexibility index (Phi) is 4.21. The Balaban J connectivity index is 3.08. The van der Waals surface area contributed by atoms with E-state index in [1.54, 1.807) is 31.2 Å². The number of allylic oxidation sites excluding steroid dienone is 1. The fourth-order valence-electron chi connectivity index (χ4n) is 1.51. The smallest absolute Gasteiger partial charge is 0.156 e. The SMILES string of the molecule is CC(=O)C/C(=C\c1ccc(O)c(C)c1)C(C)=O. The summed E-state index contributed by atoms with van der Waals surface area (Å²) in [4.78, 5) is 22.4. The van der Waals surface area contributed by atoms with Gasteiger partial charge in [0.15, 0.2) is 5.78 Å². The zero-order valence-electron chi connectivity index (χ0n) is 10.3. The number of phenols is 1. The largest absolute Gasteiger partial charge is 0.508 e. The third-order valence-electron chi connectivity index (χ3n) is 2.45. The van der Waals surface area contributed by atoms with E-state index in [4.69, 9.17) is 0 Å². The Labute approximate surface area is 101 Å². The molecule has 0 saturated heterocycles. The van der Waals surface area contributed by atoms with Gasteiger partial charge in [0.25, 0.3) is 0 Å². The predicted molar refractivity (Wildman–Crippen MR) is 66.8 cm³/mol. The van der Waals surface area contributed by atoms with E-state index in [1.807, 2.05) is 0 Å². The molecule has 0 amide bonds. The first-order chi connectivity index (χ1) is 7.90. The first-order valence-electron chi connectivity index (χ1n) is 5.40. The molecule has 0 aromatic heterocycles. The van der Waals surface area contributed by atoms with Gasteiger partial charge in [-0.1, -0.05) is 6.07 Å². The number of benzene rings is 1. The minimum atomic E-state index is -0.106. The third kappa shape index (κ3) is 3.87. The Morgan fingerprint density at radius 3 is 2.41 bits per heavy atom. The summed E-state index contributed by atoms with van der Waals surface area (Å²) in [7, 11) is 0. The molecule has 0 atom stereocenters. The van der Waals surface area contributed by atoms with Gasteiger partial charge in [-0.05, 0) is 50.1 Å². The highest BCUT2D eigenvalue weighted by Gasteiger charge is 2.07. The van der Waals surface area contributed by atoms with Crippen molar-refractivity contribution in [3.8, 4) is 5.75 Å². The van der Waals surface area contributed by atoms with Gasteiger partial charge in [-0.2, -0.15) is 0 Å². The lowest BCUT2D eigenvalue weighted by Gasteiger charge is -2.03. The highest BCUT2D eigenvalue weighted by atomic mass is 16.3. The number of rotatable bonds is 4. The summed E-state index contributed by atoms with van der Waals surface area (Å²) < 4.78 is 0. The zero-order chi connectivity index (χ0) is 13.0. The minimum absolute atomic E-state index is 0.0399. The van der Waals surface area contributed by atoms with Crippen molar-refractivity contribution in [1.29, 1.82) is 0 Å². The lowest BCUT2D eigenvalue weighted by Crippen LogP contribution is -2.02. The Morgan fingerprint density at radius 2 is 1.94 bits per heavy atom. The van der Waals surface area contributed by atoms with Crippen LogP contribution < -0.4 is 0 Å². The van der Waals surface area contributed by atoms with Crippen molar-refractivity contribution in [3.63, 3.8) is 0 Å². The van der Waals surface area contributed by atoms with E-state index < -0.39 is 0 Å². The molecule has 90 valence electrons. The molecule has 1 N–H and O–H groups in total. The Bertz CT molecular complexity index is 484. The van der Waals surface area contributed by atoms with Crippen LogP contribution in [0.5, 0.6) is 5.75 Å². The van der Waals surface area contributed by atoms with Crippen LogP contribution in [-0.4, -0.2) is 16.7 Å². The topological polar surface area (TPSA) is 54.4 Å². The lowest BCUT2D eigenvalue weighted by atomic mass is 10.0. The molecule has 0 saturated carbocycles. The molecular formula is C14H16O3. The molecule has 0 bridgehead atoms. The van der Waals surface area contributed by atoms with Gasteiger partial charge in [0.1, 0.15) is 11.5 Å². The number of hydrogen-bond donors (Lipinski definition) is 1. The average Bonchev–Trinajstić information content (AvgIpc) is 2.21. The minimum Gasteiger partial charge on any atom is -0.508 e. The Hall–Kier alpha value is -1.90. The predicted octanol–water partition coefficient (Wildman–Crippen LogP) is 2.65. The molecule has 1 aromatic rings. The maximum absolute atomic E-state index is 11.4. The second-order valence-corrected chi connectivity index (χ2v) is 4.15. The van der Waals surface area contributed by atoms with Crippen LogP contribution in [0.2, 0.25) is 0 Å². The maximum Gasteiger partial charge on any atom is 0.156 e. The number of aryl methyl sites for hydroxylation is 1. The summed E-state index contributed by atoms with van der Waals surface area (Å²) in [5.74, 6) is 0.0750. The van der Waals surface area contributed by atoms with Crippen molar-refractivity contribution in [2.24, 2.45) is 0 Å². The second-order valence-electron chi connectivity index (χ2n) is 4.15. The van der Waals surface area contributed by atoms with Crippen LogP contribution in [-0.2, 0) is 9.59 Å². The molecule has 17 heavy (non-hydrogen) atoms. The van der Waals surface area contributed by atoms with Crippen molar-refractivity contribution in [2.45, 2.75) is 27.2 Å². The van der Waals surface area contributed by atoms with E-state index >= 15 is 0 Å². The van der Waals surface area contributed by atoms with Crippen LogP contribution in [0.25, 0.3) is 6.08 Å². The normalized spacial score (nSPS) is 11.4. The number of phenolic OH excluding ortho intramolecular Hbond substituents is 1. The van der Waals surface area contributed by atoms with E-state index in [9.17, 15) is 14.7 Å². The summed E-state index contributed by atoms with van der Waals surface area (Å²) >= 11 is 0. The molecule has 3 nitrogen and oxygen atoms in total. The second kappa shape index (κ2) is 5.43. The number of ketones is 2. The van der Waals surface area contributed by atoms with E-state index in [-0.39, 0.29) is 23.7 Å². The van der Waals surface area contributed by atoms with E-state index in [0.717, 1.165) is 11.1 Å². The number of aromatic hydroxyl groups is 1. The lowest BCUT2D eigenvalue weighted by molar-refractivity contribution is -0.119. The maximum atomic E-state index is 11.4. The van der Waals surface area contributed by atoms with E-state index in [1.165, 1.54) is 13.8 Å². The number of hydrogen-bond acceptors (Lipinski definition) is 3. The quantitative estimate of drug-likeness (QED) is 0.812. The molecule has 0 aliphatic rings. The number of carbonyl (C=O) groups is 2. The first-order valence-corrected chi connectivity index (χ1v) is 5.40. The molecule has 0 aliphatic heterocycles. The summed E-state index contributed by atoms with van der Waals surface area (Å²) in [5, 5.41) is 9.39. The monoisotopic (exact) mass is 232 g/mol. The van der Waals surface area contributed by atoms with E-state index in [2.05, 4.69) is 0 Å². The highest BCUT2D eigenvalue weighted by Crippen LogP contribution is 2.19. The van der Waals surface area contributed by atoms with Crippen LogP contribution >= 0.6 is 0 Å². The van der Waals surface area contributed by atoms with Gasteiger partial charge < -0.3 is 5.11 Å². The van der Waals surface area contributed by atoms with Gasteiger partial charge in [0.2, 0.25) is 0 Å². The number of carbonyl (C=O) groups excluding carboxylic acids is 2. The number of Topliss-reactive ketones (excluding diaryl/α,β-unsaturated/α-hetero) is 2. The van der Waals surface area contributed by atoms with Gasteiger partial charge in [0, 0.05) is 12.0 Å². The van der Waals surface area contributed by atoms with Gasteiger partial charge >= 0.3 is 0 Å². The fourth-order valence-corrected chi connectivity index (χ4v) is 1.51. The van der Waals surface area contributed by atoms with Gasteiger partial charge in [-0.25, -0.2) is 0 Å². The van der Waals surface area contributed by atoms with Gasteiger partial charge in [-0.3, -0.25) is 9.59 Å². The molecule has 3 heteroatoms. The standard InChI is InChI=1S/C14H16O3/c1-9-6-12(4-5-14(9)17)8-13(11(3)16)7-10(2)15/h4-6,8,17H,7H2,1-3H3/b13-8+. The van der Waals surface area contributed by atoms with Crippen LogP contribution in [0.15, 0.2) is 23.8 Å². The molecular weight excluding hydrogens is 216 g/mol. The first kappa shape index (κ1) is 13.2. The average molecular weight is 232 g/mol.